The van der Waals surface area contributed by atoms with E-state index in [1.807, 2.05) is 25.1 Å². The largest absolute Gasteiger partial charge is 0.493 e. The molecule has 6 heteroatoms. The van der Waals surface area contributed by atoms with Gasteiger partial charge in [0, 0.05) is 6.54 Å². The molecule has 0 saturated heterocycles. The highest BCUT2D eigenvalue weighted by molar-refractivity contribution is 9.10. The molecular weight excluding hydrogens is 338 g/mol. The molecule has 2 rings (SSSR count). The lowest BCUT2D eigenvalue weighted by atomic mass is 10.2. The Morgan fingerprint density at radius 3 is 2.71 bits per heavy atom. The second-order valence-electron chi connectivity index (χ2n) is 4.20. The van der Waals surface area contributed by atoms with E-state index >= 15 is 0 Å². The summed E-state index contributed by atoms with van der Waals surface area (Å²) in [5.74, 6) is 1.32. The Balaban J connectivity index is 2.01. The van der Waals surface area contributed by atoms with Gasteiger partial charge in [-0.2, -0.15) is 0 Å². The zero-order chi connectivity index (χ0) is 15.2. The van der Waals surface area contributed by atoms with Crippen molar-refractivity contribution >= 4 is 21.8 Å². The van der Waals surface area contributed by atoms with Gasteiger partial charge in [-0.25, -0.2) is 0 Å². The van der Waals surface area contributed by atoms with Crippen LogP contribution in [-0.2, 0) is 6.54 Å². The highest BCUT2D eigenvalue weighted by atomic mass is 79.9. The molecule has 1 heterocycles. The van der Waals surface area contributed by atoms with Crippen molar-refractivity contribution in [3.8, 4) is 11.5 Å². The van der Waals surface area contributed by atoms with Crippen molar-refractivity contribution in [3.63, 3.8) is 0 Å². The lowest BCUT2D eigenvalue weighted by Crippen LogP contribution is -2.22. The molecule has 0 bridgehead atoms. The zero-order valence-corrected chi connectivity index (χ0v) is 13.4. The molecule has 0 unspecified atom stereocenters. The lowest BCUT2D eigenvalue weighted by molar-refractivity contribution is 0.0922. The minimum absolute atomic E-state index is 0.264. The Labute approximate surface area is 131 Å². The number of amides is 1. The van der Waals surface area contributed by atoms with Crippen molar-refractivity contribution in [2.45, 2.75) is 13.5 Å². The molecule has 0 atom stereocenters. The van der Waals surface area contributed by atoms with E-state index in [2.05, 4.69) is 21.2 Å². The van der Waals surface area contributed by atoms with Crippen LogP contribution >= 0.6 is 15.9 Å². The topological polar surface area (TPSA) is 60.7 Å². The predicted molar refractivity (Wildman–Crippen MR) is 81.7 cm³/mol. The van der Waals surface area contributed by atoms with Gasteiger partial charge >= 0.3 is 0 Å². The first-order valence-electron chi connectivity index (χ1n) is 6.47. The van der Waals surface area contributed by atoms with E-state index in [1.165, 1.54) is 0 Å². The summed E-state index contributed by atoms with van der Waals surface area (Å²) in [6.45, 7) is 2.86. The summed E-state index contributed by atoms with van der Waals surface area (Å²) in [5, 5.41) is 2.78. The number of halogens is 1. The number of nitrogens with one attached hydrogen (secondary N) is 1. The van der Waals surface area contributed by atoms with Gasteiger partial charge in [0.15, 0.2) is 21.9 Å². The first kappa shape index (κ1) is 15.4. The first-order valence-corrected chi connectivity index (χ1v) is 7.26. The van der Waals surface area contributed by atoms with Gasteiger partial charge < -0.3 is 19.2 Å². The van der Waals surface area contributed by atoms with Gasteiger partial charge in [-0.1, -0.05) is 6.07 Å². The van der Waals surface area contributed by atoms with Crippen LogP contribution in [0.15, 0.2) is 39.4 Å². The Morgan fingerprint density at radius 1 is 1.29 bits per heavy atom. The number of ether oxygens (including phenoxy) is 2. The lowest BCUT2D eigenvalue weighted by Gasteiger charge is -2.11. The predicted octanol–water partition coefficient (Wildman–Crippen LogP) is 3.38. The molecule has 0 radical (unpaired) electrons. The van der Waals surface area contributed by atoms with Crippen molar-refractivity contribution < 1.29 is 18.7 Å². The third-order valence-electron chi connectivity index (χ3n) is 2.78. The van der Waals surface area contributed by atoms with Crippen molar-refractivity contribution in [2.24, 2.45) is 0 Å². The minimum atomic E-state index is -0.270. The highest BCUT2D eigenvalue weighted by Crippen LogP contribution is 2.28. The number of furan rings is 1. The van der Waals surface area contributed by atoms with Crippen LogP contribution in [0.3, 0.4) is 0 Å². The van der Waals surface area contributed by atoms with Crippen LogP contribution in [0.1, 0.15) is 23.0 Å². The number of methoxy groups -OCH3 is 1. The van der Waals surface area contributed by atoms with E-state index in [4.69, 9.17) is 13.9 Å². The highest BCUT2D eigenvalue weighted by Gasteiger charge is 2.11. The summed E-state index contributed by atoms with van der Waals surface area (Å²) in [4.78, 5) is 11.9. The fourth-order valence-electron chi connectivity index (χ4n) is 1.80. The normalized spacial score (nSPS) is 10.2. The van der Waals surface area contributed by atoms with E-state index in [1.54, 1.807) is 19.2 Å². The fraction of sp³-hybridized carbons (Fsp3) is 0.267. The molecule has 21 heavy (non-hydrogen) atoms. The molecule has 0 aliphatic carbocycles. The Kier molecular flexibility index (Phi) is 5.27. The SMILES string of the molecule is CCOc1ccc(CNC(=O)c2ccc(Br)o2)cc1OC. The molecule has 112 valence electrons. The number of hydrogen-bond donors (Lipinski definition) is 1. The summed E-state index contributed by atoms with van der Waals surface area (Å²) in [6.07, 6.45) is 0. The third kappa shape index (κ3) is 4.01. The van der Waals surface area contributed by atoms with Crippen molar-refractivity contribution in [3.05, 3.63) is 46.3 Å². The van der Waals surface area contributed by atoms with Crippen LogP contribution in [0.25, 0.3) is 0 Å². The Morgan fingerprint density at radius 2 is 2.10 bits per heavy atom. The molecule has 1 aromatic heterocycles. The van der Waals surface area contributed by atoms with E-state index in [0.29, 0.717) is 29.3 Å². The molecule has 0 fully saturated rings. The summed E-state index contributed by atoms with van der Waals surface area (Å²) in [6, 6.07) is 8.83. The molecule has 2 aromatic rings. The summed E-state index contributed by atoms with van der Waals surface area (Å²) in [7, 11) is 1.58. The average molecular weight is 354 g/mol. The maximum Gasteiger partial charge on any atom is 0.287 e. The number of hydrogen-bond acceptors (Lipinski definition) is 4. The van der Waals surface area contributed by atoms with Gasteiger partial charge in [0.05, 0.1) is 13.7 Å². The summed E-state index contributed by atoms with van der Waals surface area (Å²) >= 11 is 3.16. The van der Waals surface area contributed by atoms with Gasteiger partial charge in [-0.15, -0.1) is 0 Å². The van der Waals surface area contributed by atoms with E-state index in [-0.39, 0.29) is 11.7 Å². The Hall–Kier alpha value is -1.95. The maximum atomic E-state index is 11.9. The van der Waals surface area contributed by atoms with Crippen LogP contribution in [0.4, 0.5) is 0 Å². The average Bonchev–Trinajstić information content (AvgIpc) is 2.92. The molecule has 0 aliphatic heterocycles. The minimum Gasteiger partial charge on any atom is -0.493 e. The van der Waals surface area contributed by atoms with Gasteiger partial charge in [0.2, 0.25) is 0 Å². The van der Waals surface area contributed by atoms with Crippen LogP contribution < -0.4 is 14.8 Å². The summed E-state index contributed by atoms with van der Waals surface area (Å²) in [5.41, 5.74) is 0.911. The quantitative estimate of drug-likeness (QED) is 0.864. The van der Waals surface area contributed by atoms with Crippen LogP contribution in [-0.4, -0.2) is 19.6 Å². The molecule has 1 aromatic carbocycles. The van der Waals surface area contributed by atoms with Crippen LogP contribution in [0.2, 0.25) is 0 Å². The monoisotopic (exact) mass is 353 g/mol. The zero-order valence-electron chi connectivity index (χ0n) is 11.8. The second kappa shape index (κ2) is 7.17. The fourth-order valence-corrected chi connectivity index (χ4v) is 2.11. The standard InChI is InChI=1S/C15H16BrNO4/c1-3-20-11-5-4-10(8-13(11)19-2)9-17-15(18)12-6-7-14(16)21-12/h4-8H,3,9H2,1-2H3,(H,17,18). The smallest absolute Gasteiger partial charge is 0.287 e. The Bertz CT molecular complexity index is 624. The van der Waals surface area contributed by atoms with Gasteiger partial charge in [0.25, 0.3) is 5.91 Å². The number of carbonyl (C=O) groups excluding carboxylic acids is 1. The van der Waals surface area contributed by atoms with E-state index in [0.717, 1.165) is 5.56 Å². The van der Waals surface area contributed by atoms with Gasteiger partial charge in [-0.3, -0.25) is 4.79 Å². The number of carbonyl (C=O) groups is 1. The molecule has 1 amide bonds. The molecule has 1 N–H and O–H groups in total. The third-order valence-corrected chi connectivity index (χ3v) is 3.20. The first-order chi connectivity index (χ1) is 10.1. The molecule has 0 spiro atoms. The van der Waals surface area contributed by atoms with Gasteiger partial charge in [0.1, 0.15) is 0 Å². The van der Waals surface area contributed by atoms with Crippen molar-refractivity contribution in [1.82, 2.24) is 5.32 Å². The van der Waals surface area contributed by atoms with Crippen molar-refractivity contribution in [1.29, 1.82) is 0 Å². The van der Waals surface area contributed by atoms with Crippen LogP contribution in [0.5, 0.6) is 11.5 Å². The second-order valence-corrected chi connectivity index (χ2v) is 4.99. The van der Waals surface area contributed by atoms with Crippen LogP contribution in [0, 0.1) is 0 Å². The number of rotatable bonds is 6. The van der Waals surface area contributed by atoms with E-state index in [9.17, 15) is 4.79 Å². The maximum absolute atomic E-state index is 11.9. The van der Waals surface area contributed by atoms with E-state index < -0.39 is 0 Å². The molecule has 0 aliphatic rings. The van der Waals surface area contributed by atoms with Crippen molar-refractivity contribution in [2.75, 3.05) is 13.7 Å². The summed E-state index contributed by atoms with van der Waals surface area (Å²) < 4.78 is 16.4. The van der Waals surface area contributed by atoms with Gasteiger partial charge in [-0.05, 0) is 52.7 Å². The molecule has 0 saturated carbocycles. The number of benzene rings is 1. The molecular formula is C15H16BrNO4. The molecule has 5 nitrogen and oxygen atoms in total.